The number of ether oxygens (including phenoxy) is 1. The Bertz CT molecular complexity index is 1490. The lowest BCUT2D eigenvalue weighted by molar-refractivity contribution is -0.384. The molecule has 0 radical (unpaired) electrons. The first-order valence-corrected chi connectivity index (χ1v) is 12.4. The number of sulfonamides is 1. The number of esters is 1. The lowest BCUT2D eigenvalue weighted by Crippen LogP contribution is -2.14. The molecule has 0 fully saturated rings. The summed E-state index contributed by atoms with van der Waals surface area (Å²) in [6.45, 7) is -0.167. The molecule has 4 rings (SSSR count). The Kier molecular flexibility index (Phi) is 6.75. The summed E-state index contributed by atoms with van der Waals surface area (Å²) in [4.78, 5) is 26.8. The quantitative estimate of drug-likeness (QED) is 0.198. The first-order chi connectivity index (χ1) is 16.7. The molecule has 0 aliphatic carbocycles. The van der Waals surface area contributed by atoms with E-state index in [1.807, 2.05) is 30.3 Å². The number of nitrogens with one attached hydrogen (secondary N) is 1. The molecule has 3 aromatic carbocycles. The molecule has 0 bridgehead atoms. The van der Waals surface area contributed by atoms with Crippen LogP contribution >= 0.6 is 11.3 Å². The minimum Gasteiger partial charge on any atom is -0.507 e. The molecule has 0 aliphatic rings. The van der Waals surface area contributed by atoms with Crippen LogP contribution in [0.3, 0.4) is 0 Å². The van der Waals surface area contributed by atoms with Gasteiger partial charge in [-0.3, -0.25) is 14.8 Å². The van der Waals surface area contributed by atoms with Gasteiger partial charge in [-0.2, -0.15) is 0 Å². The fourth-order valence-corrected chi connectivity index (χ4v) is 4.91. The number of aromatic hydroxyl groups is 1. The lowest BCUT2D eigenvalue weighted by atomic mass is 10.2. The normalized spacial score (nSPS) is 11.1. The third-order valence-electron chi connectivity index (χ3n) is 4.75. The van der Waals surface area contributed by atoms with E-state index in [1.165, 1.54) is 23.5 Å². The molecule has 0 atom stereocenters. The molecule has 35 heavy (non-hydrogen) atoms. The third-order valence-corrected chi connectivity index (χ3v) is 7.07. The van der Waals surface area contributed by atoms with E-state index in [9.17, 15) is 28.4 Å². The summed E-state index contributed by atoms with van der Waals surface area (Å²) in [5, 5.41) is 23.4. The number of rotatable bonds is 8. The molecule has 1 aromatic heterocycles. The second-order valence-electron chi connectivity index (χ2n) is 7.17. The van der Waals surface area contributed by atoms with Gasteiger partial charge in [0.1, 0.15) is 22.9 Å². The highest BCUT2D eigenvalue weighted by Gasteiger charge is 2.21. The van der Waals surface area contributed by atoms with E-state index in [4.69, 9.17) is 4.74 Å². The number of benzene rings is 3. The monoisotopic (exact) mass is 511 g/mol. The predicted octanol–water partition coefficient (Wildman–Crippen LogP) is 4.58. The van der Waals surface area contributed by atoms with Gasteiger partial charge in [-0.1, -0.05) is 30.3 Å². The Balaban J connectivity index is 1.47. The summed E-state index contributed by atoms with van der Waals surface area (Å²) in [6, 6.07) is 17.4. The largest absolute Gasteiger partial charge is 0.507 e. The topological polar surface area (TPSA) is 149 Å². The number of hydrogen-bond acceptors (Lipinski definition) is 9. The van der Waals surface area contributed by atoms with E-state index in [1.54, 1.807) is 5.38 Å². The number of carbonyl (C=O) groups excluding carboxylic acids is 1. The standard InChI is InChI=1S/C23H17N3O7S2/c27-21-11-10-19(35(31,32)25-16-6-8-18(9-7-16)26(29)30)12-20(21)23(28)33-13-17-14-34-22(24-17)15-4-2-1-3-5-15/h1-12,14,25,27H,13H2. The van der Waals surface area contributed by atoms with E-state index >= 15 is 0 Å². The molecule has 0 unspecified atom stereocenters. The van der Waals surface area contributed by atoms with Gasteiger partial charge < -0.3 is 9.84 Å². The molecule has 0 saturated heterocycles. The van der Waals surface area contributed by atoms with Gasteiger partial charge in [-0.05, 0) is 30.3 Å². The zero-order chi connectivity index (χ0) is 25.0. The number of non-ortho nitro benzene ring substituents is 1. The van der Waals surface area contributed by atoms with Crippen molar-refractivity contribution in [2.75, 3.05) is 4.72 Å². The lowest BCUT2D eigenvalue weighted by Gasteiger charge is -2.10. The summed E-state index contributed by atoms with van der Waals surface area (Å²) in [5.74, 6) is -1.38. The summed E-state index contributed by atoms with van der Waals surface area (Å²) in [7, 11) is -4.16. The van der Waals surface area contributed by atoms with Gasteiger partial charge in [-0.15, -0.1) is 11.3 Å². The average Bonchev–Trinajstić information content (AvgIpc) is 3.32. The summed E-state index contributed by atoms with van der Waals surface area (Å²) in [6.07, 6.45) is 0. The number of phenols is 1. The van der Waals surface area contributed by atoms with Crippen molar-refractivity contribution in [2.45, 2.75) is 11.5 Å². The van der Waals surface area contributed by atoms with Crippen molar-refractivity contribution in [2.24, 2.45) is 0 Å². The number of hydrogen-bond donors (Lipinski definition) is 2. The molecule has 0 amide bonds. The van der Waals surface area contributed by atoms with Gasteiger partial charge in [0.05, 0.1) is 15.5 Å². The van der Waals surface area contributed by atoms with Crippen molar-refractivity contribution in [1.82, 2.24) is 4.98 Å². The zero-order valence-corrected chi connectivity index (χ0v) is 19.5. The van der Waals surface area contributed by atoms with Crippen LogP contribution in [0, 0.1) is 10.1 Å². The third kappa shape index (κ3) is 5.62. The van der Waals surface area contributed by atoms with Crippen molar-refractivity contribution in [3.8, 4) is 16.3 Å². The molecule has 0 saturated carbocycles. The summed E-state index contributed by atoms with van der Waals surface area (Å²) < 4.78 is 33.0. The summed E-state index contributed by atoms with van der Waals surface area (Å²) in [5.41, 5.74) is 0.982. The Labute approximate surface area is 203 Å². The predicted molar refractivity (Wildman–Crippen MR) is 129 cm³/mol. The summed E-state index contributed by atoms with van der Waals surface area (Å²) >= 11 is 1.39. The molecular formula is C23H17N3O7S2. The molecule has 0 spiro atoms. The van der Waals surface area contributed by atoms with Crippen LogP contribution in [0.25, 0.3) is 10.6 Å². The Morgan fingerprint density at radius 2 is 1.80 bits per heavy atom. The molecule has 178 valence electrons. The fourth-order valence-electron chi connectivity index (χ4n) is 3.01. The number of nitro groups is 1. The molecule has 0 aliphatic heterocycles. The number of nitro benzene ring substituents is 1. The van der Waals surface area contributed by atoms with Crippen LogP contribution in [-0.2, 0) is 21.4 Å². The van der Waals surface area contributed by atoms with Gasteiger partial charge in [0.25, 0.3) is 15.7 Å². The maximum absolute atomic E-state index is 12.7. The van der Waals surface area contributed by atoms with E-state index in [-0.39, 0.29) is 28.4 Å². The number of carbonyl (C=O) groups is 1. The highest BCUT2D eigenvalue weighted by Crippen LogP contribution is 2.26. The van der Waals surface area contributed by atoms with Crippen molar-refractivity contribution in [3.63, 3.8) is 0 Å². The van der Waals surface area contributed by atoms with Crippen LogP contribution in [0.2, 0.25) is 0 Å². The van der Waals surface area contributed by atoms with Gasteiger partial charge in [0.15, 0.2) is 0 Å². The number of anilines is 1. The van der Waals surface area contributed by atoms with Crippen LogP contribution < -0.4 is 4.72 Å². The number of phenolic OH excluding ortho intramolecular Hbond substituents is 1. The maximum Gasteiger partial charge on any atom is 0.342 e. The van der Waals surface area contributed by atoms with Crippen molar-refractivity contribution in [3.05, 3.63) is 99.5 Å². The molecule has 12 heteroatoms. The second kappa shape index (κ2) is 9.91. The number of aromatic nitrogens is 1. The average molecular weight is 512 g/mol. The smallest absolute Gasteiger partial charge is 0.342 e. The Morgan fingerprint density at radius 1 is 1.09 bits per heavy atom. The van der Waals surface area contributed by atoms with E-state index < -0.39 is 26.7 Å². The Hall–Kier alpha value is -4.29. The van der Waals surface area contributed by atoms with Crippen LogP contribution in [0.4, 0.5) is 11.4 Å². The minimum absolute atomic E-state index is 0.0885. The van der Waals surface area contributed by atoms with Crippen molar-refractivity contribution in [1.29, 1.82) is 0 Å². The van der Waals surface area contributed by atoms with Crippen LogP contribution in [0.1, 0.15) is 16.1 Å². The fraction of sp³-hybridized carbons (Fsp3) is 0.0435. The second-order valence-corrected chi connectivity index (χ2v) is 9.72. The SMILES string of the molecule is O=C(OCc1csc(-c2ccccc2)n1)c1cc(S(=O)(=O)Nc2ccc([N+](=O)[O-])cc2)ccc1O. The molecule has 10 nitrogen and oxygen atoms in total. The molecule has 1 heterocycles. The van der Waals surface area contributed by atoms with Gasteiger partial charge in [0.2, 0.25) is 0 Å². The van der Waals surface area contributed by atoms with E-state index in [0.717, 1.165) is 40.9 Å². The highest BCUT2D eigenvalue weighted by molar-refractivity contribution is 7.92. The highest BCUT2D eigenvalue weighted by atomic mass is 32.2. The van der Waals surface area contributed by atoms with Crippen LogP contribution in [0.5, 0.6) is 5.75 Å². The zero-order valence-electron chi connectivity index (χ0n) is 17.8. The molecule has 2 N–H and O–H groups in total. The molecular weight excluding hydrogens is 494 g/mol. The maximum atomic E-state index is 12.7. The molecule has 4 aromatic rings. The van der Waals surface area contributed by atoms with Gasteiger partial charge in [-0.25, -0.2) is 18.2 Å². The number of nitrogens with zero attached hydrogens (tertiary/aromatic N) is 2. The first kappa shape index (κ1) is 23.9. The minimum atomic E-state index is -4.16. The van der Waals surface area contributed by atoms with Crippen molar-refractivity contribution < 1.29 is 28.0 Å². The van der Waals surface area contributed by atoms with E-state index in [2.05, 4.69) is 9.71 Å². The Morgan fingerprint density at radius 3 is 2.49 bits per heavy atom. The van der Waals surface area contributed by atoms with Crippen LogP contribution in [0.15, 0.2) is 83.1 Å². The van der Waals surface area contributed by atoms with Crippen molar-refractivity contribution >= 4 is 38.7 Å². The van der Waals surface area contributed by atoms with Crippen LogP contribution in [-0.4, -0.2) is 29.4 Å². The van der Waals surface area contributed by atoms with Gasteiger partial charge >= 0.3 is 5.97 Å². The van der Waals surface area contributed by atoms with E-state index in [0.29, 0.717) is 5.69 Å². The first-order valence-electron chi connectivity index (χ1n) is 10.0. The van der Waals surface area contributed by atoms with Gasteiger partial charge in [0, 0.05) is 28.8 Å². The number of thiazole rings is 1.